The van der Waals surface area contributed by atoms with Crippen molar-refractivity contribution in [3.63, 3.8) is 0 Å². The van der Waals surface area contributed by atoms with Crippen molar-refractivity contribution in [1.82, 2.24) is 14.7 Å². The molecule has 3 heterocycles. The molecule has 3 aliphatic heterocycles. The summed E-state index contributed by atoms with van der Waals surface area (Å²) >= 11 is 12.8. The highest BCUT2D eigenvalue weighted by molar-refractivity contribution is 6.30. The number of piperazine rings is 1. The first-order valence-corrected chi connectivity index (χ1v) is 17.9. The number of hydrogen-bond donors (Lipinski definition) is 0. The van der Waals surface area contributed by atoms with E-state index in [9.17, 15) is 0 Å². The van der Waals surface area contributed by atoms with Crippen LogP contribution in [0.3, 0.4) is 0 Å². The number of carbonyl (C=O) groups is 1. The molecule has 2 saturated heterocycles. The first-order chi connectivity index (χ1) is 22.7. The number of aliphatic imine (C=N–C) groups is 1. The van der Waals surface area contributed by atoms with Crippen LogP contribution in [0.1, 0.15) is 83.6 Å². The molecule has 3 aromatic carbocycles. The number of ether oxygens (including phenoxy) is 2. The van der Waals surface area contributed by atoms with Gasteiger partial charge in [0.05, 0.1) is 11.7 Å². The van der Waals surface area contributed by atoms with Crippen molar-refractivity contribution in [1.29, 1.82) is 0 Å². The molecule has 48 heavy (non-hydrogen) atoms. The second kappa shape index (κ2) is 13.3. The Morgan fingerprint density at radius 2 is 1.52 bits per heavy atom. The molecule has 3 aromatic rings. The molecule has 6 rings (SSSR count). The summed E-state index contributed by atoms with van der Waals surface area (Å²) in [6.07, 6.45) is 2.17. The second-order valence-corrected chi connectivity index (χ2v) is 15.7. The van der Waals surface area contributed by atoms with Gasteiger partial charge in [0.2, 0.25) is 0 Å². The Morgan fingerprint density at radius 3 is 2.06 bits per heavy atom. The fraction of sp³-hybridized carbons (Fsp3) is 0.487. The predicted molar refractivity (Wildman–Crippen MR) is 194 cm³/mol. The van der Waals surface area contributed by atoms with Crippen LogP contribution in [0.15, 0.2) is 71.7 Å². The van der Waals surface area contributed by atoms with Gasteiger partial charge in [0, 0.05) is 42.8 Å². The molecular formula is C39H48Cl2N4O3. The molecule has 0 spiro atoms. The number of carbonyl (C=O) groups excluding carboxylic acids is 1. The highest BCUT2D eigenvalue weighted by Gasteiger charge is 2.60. The van der Waals surface area contributed by atoms with Gasteiger partial charge < -0.3 is 14.4 Å². The summed E-state index contributed by atoms with van der Waals surface area (Å²) in [5.74, 6) is 1.28. The third kappa shape index (κ3) is 6.35. The van der Waals surface area contributed by atoms with Crippen LogP contribution in [-0.4, -0.2) is 71.7 Å². The van der Waals surface area contributed by atoms with E-state index < -0.39 is 11.1 Å². The minimum absolute atomic E-state index is 0.0821. The van der Waals surface area contributed by atoms with Crippen LogP contribution in [0.4, 0.5) is 4.79 Å². The summed E-state index contributed by atoms with van der Waals surface area (Å²) in [5.41, 5.74) is 1.82. The summed E-state index contributed by atoms with van der Waals surface area (Å²) < 4.78 is 12.5. The lowest BCUT2D eigenvalue weighted by Crippen LogP contribution is -2.61. The molecule has 256 valence electrons. The molecule has 3 atom stereocenters. The number of amidine groups is 1. The van der Waals surface area contributed by atoms with Crippen LogP contribution in [0.5, 0.6) is 5.75 Å². The molecule has 0 radical (unpaired) electrons. The Labute approximate surface area is 295 Å². The Bertz CT molecular complexity index is 1660. The molecular weight excluding hydrogens is 643 g/mol. The van der Waals surface area contributed by atoms with E-state index in [2.05, 4.69) is 57.7 Å². The van der Waals surface area contributed by atoms with Gasteiger partial charge in [-0.2, -0.15) is 0 Å². The lowest BCUT2D eigenvalue weighted by molar-refractivity contribution is -0.0391. The van der Waals surface area contributed by atoms with Gasteiger partial charge in [-0.1, -0.05) is 74.3 Å². The second-order valence-electron chi connectivity index (χ2n) is 14.8. The average molecular weight is 692 g/mol. The van der Waals surface area contributed by atoms with Gasteiger partial charge in [-0.25, -0.2) is 4.79 Å². The number of hydrogen-bond acceptors (Lipinski definition) is 5. The molecule has 7 nitrogen and oxygen atoms in total. The summed E-state index contributed by atoms with van der Waals surface area (Å²) in [6, 6.07) is 21.8. The SMILES string of the molecule is CC(C)Oc1cc(C(C)(C)C)ccc1C1=N[C@@](C)(c2ccc(Cl)cc2)[C@@](C)(c2ccc(Cl)cc2)N1C(=O)N1CCN(C2CCCO2)CC1. The average Bonchev–Trinajstić information content (AvgIpc) is 3.67. The Balaban J connectivity index is 1.53. The summed E-state index contributed by atoms with van der Waals surface area (Å²) in [6.45, 7) is 18.3. The predicted octanol–water partition coefficient (Wildman–Crippen LogP) is 8.85. The summed E-state index contributed by atoms with van der Waals surface area (Å²) in [5, 5.41) is 1.27. The van der Waals surface area contributed by atoms with E-state index in [0.717, 1.165) is 54.8 Å². The zero-order valence-electron chi connectivity index (χ0n) is 29.2. The first-order valence-electron chi connectivity index (χ1n) is 17.1. The van der Waals surface area contributed by atoms with Crippen LogP contribution < -0.4 is 4.74 Å². The zero-order chi connectivity index (χ0) is 34.4. The van der Waals surface area contributed by atoms with Gasteiger partial charge in [-0.3, -0.25) is 14.8 Å². The quantitative estimate of drug-likeness (QED) is 0.259. The number of benzene rings is 3. The van der Waals surface area contributed by atoms with Crippen LogP contribution in [0.25, 0.3) is 0 Å². The van der Waals surface area contributed by atoms with Crippen LogP contribution in [0, 0.1) is 0 Å². The molecule has 2 amide bonds. The Kier molecular flexibility index (Phi) is 9.64. The van der Waals surface area contributed by atoms with E-state index in [4.69, 9.17) is 37.7 Å². The minimum Gasteiger partial charge on any atom is -0.490 e. The van der Waals surface area contributed by atoms with Gasteiger partial charge in [0.1, 0.15) is 28.9 Å². The van der Waals surface area contributed by atoms with E-state index in [1.165, 1.54) is 0 Å². The van der Waals surface area contributed by atoms with E-state index in [1.54, 1.807) is 0 Å². The van der Waals surface area contributed by atoms with Gasteiger partial charge in [0.15, 0.2) is 0 Å². The maximum atomic E-state index is 15.2. The number of amides is 2. The molecule has 2 fully saturated rings. The van der Waals surface area contributed by atoms with Crippen LogP contribution in [-0.2, 0) is 21.2 Å². The van der Waals surface area contributed by atoms with Crippen LogP contribution in [0.2, 0.25) is 10.0 Å². The Morgan fingerprint density at radius 1 is 0.917 bits per heavy atom. The van der Waals surface area contributed by atoms with E-state index in [0.29, 0.717) is 34.7 Å². The normalized spacial score (nSPS) is 25.1. The summed E-state index contributed by atoms with van der Waals surface area (Å²) in [4.78, 5) is 27.1. The van der Waals surface area contributed by atoms with Gasteiger partial charge in [-0.05, 0) is 99.0 Å². The molecule has 0 aromatic heterocycles. The fourth-order valence-corrected chi connectivity index (χ4v) is 7.54. The smallest absolute Gasteiger partial charge is 0.326 e. The van der Waals surface area contributed by atoms with E-state index >= 15 is 4.79 Å². The molecule has 0 aliphatic carbocycles. The van der Waals surface area contributed by atoms with Crippen LogP contribution >= 0.6 is 23.2 Å². The number of halogens is 2. The van der Waals surface area contributed by atoms with Gasteiger partial charge >= 0.3 is 6.03 Å². The van der Waals surface area contributed by atoms with Crippen molar-refractivity contribution in [3.05, 3.63) is 99.0 Å². The van der Waals surface area contributed by atoms with Crippen molar-refractivity contribution < 1.29 is 14.3 Å². The Hall–Kier alpha value is -3.10. The topological polar surface area (TPSA) is 57.6 Å². The fourth-order valence-electron chi connectivity index (χ4n) is 7.28. The molecule has 9 heteroatoms. The molecule has 0 bridgehead atoms. The molecule has 0 saturated carbocycles. The van der Waals surface area contributed by atoms with E-state index in [1.807, 2.05) is 72.2 Å². The monoisotopic (exact) mass is 690 g/mol. The van der Waals surface area contributed by atoms with Crippen molar-refractivity contribution in [2.24, 2.45) is 4.99 Å². The number of urea groups is 1. The summed E-state index contributed by atoms with van der Waals surface area (Å²) in [7, 11) is 0. The lowest BCUT2D eigenvalue weighted by atomic mass is 9.71. The minimum atomic E-state index is -0.957. The van der Waals surface area contributed by atoms with Crippen molar-refractivity contribution in [2.45, 2.75) is 90.1 Å². The maximum absolute atomic E-state index is 15.2. The van der Waals surface area contributed by atoms with E-state index in [-0.39, 0.29) is 23.8 Å². The largest absolute Gasteiger partial charge is 0.490 e. The lowest BCUT2D eigenvalue weighted by Gasteiger charge is -2.47. The highest BCUT2D eigenvalue weighted by atomic mass is 35.5. The third-order valence-electron chi connectivity index (χ3n) is 10.3. The molecule has 3 aliphatic rings. The van der Waals surface area contributed by atoms with Gasteiger partial charge in [0.25, 0.3) is 0 Å². The van der Waals surface area contributed by atoms with Gasteiger partial charge in [-0.15, -0.1) is 0 Å². The maximum Gasteiger partial charge on any atom is 0.326 e. The number of nitrogens with zero attached hydrogens (tertiary/aromatic N) is 4. The van der Waals surface area contributed by atoms with Crippen molar-refractivity contribution >= 4 is 35.1 Å². The zero-order valence-corrected chi connectivity index (χ0v) is 30.7. The number of rotatable bonds is 6. The van der Waals surface area contributed by atoms with Crippen molar-refractivity contribution in [2.75, 3.05) is 32.8 Å². The third-order valence-corrected chi connectivity index (χ3v) is 10.8. The highest BCUT2D eigenvalue weighted by Crippen LogP contribution is 2.54. The van der Waals surface area contributed by atoms with Crippen molar-refractivity contribution in [3.8, 4) is 5.75 Å². The first kappa shape index (κ1) is 34.8. The standard InChI is InChI=1S/C39H48Cl2N4O3/c1-26(2)48-33-25-29(37(3,4)5)14-19-32(33)35-42-38(6,27-10-15-30(40)16-11-27)39(7,28-12-17-31(41)18-13-28)45(35)36(46)44-22-20-43(21-23-44)34-9-8-24-47-34/h10-19,25-26,34H,8-9,20-24H2,1-7H3/t34?,38-,39+/m0/s1. The molecule has 1 unspecified atom stereocenters. The molecule has 0 N–H and O–H groups in total.